The maximum absolute atomic E-state index is 13.6. The summed E-state index contributed by atoms with van der Waals surface area (Å²) in [5.74, 6) is 0.769. The third kappa shape index (κ3) is 3.08. The SMILES string of the molecule is Cn1c(CCl)cnc1SCc1cc(Br)ccc1F. The smallest absolute Gasteiger partial charge is 0.168 e. The summed E-state index contributed by atoms with van der Waals surface area (Å²) < 4.78 is 16.4. The molecule has 0 atom stereocenters. The number of alkyl halides is 1. The highest BCUT2D eigenvalue weighted by Crippen LogP contribution is 2.25. The first-order valence-electron chi connectivity index (χ1n) is 5.25. The molecule has 0 aliphatic heterocycles. The van der Waals surface area contributed by atoms with Crippen molar-refractivity contribution in [3.05, 3.63) is 45.9 Å². The molecule has 6 heteroatoms. The molecule has 0 bridgehead atoms. The molecule has 2 aromatic rings. The molecular formula is C12H11BrClFN2S. The normalized spacial score (nSPS) is 10.9. The molecule has 0 amide bonds. The van der Waals surface area contributed by atoms with Crippen LogP contribution in [0.4, 0.5) is 4.39 Å². The van der Waals surface area contributed by atoms with E-state index in [-0.39, 0.29) is 5.82 Å². The number of thioether (sulfide) groups is 1. The van der Waals surface area contributed by atoms with Gasteiger partial charge in [-0.05, 0) is 23.8 Å². The number of aromatic nitrogens is 2. The van der Waals surface area contributed by atoms with Crippen molar-refractivity contribution in [1.82, 2.24) is 9.55 Å². The summed E-state index contributed by atoms with van der Waals surface area (Å²) in [7, 11) is 1.91. The number of benzene rings is 1. The molecule has 0 aliphatic rings. The van der Waals surface area contributed by atoms with Gasteiger partial charge in [0.1, 0.15) is 5.82 Å². The average molecular weight is 350 g/mol. The molecule has 18 heavy (non-hydrogen) atoms. The average Bonchev–Trinajstić information content (AvgIpc) is 2.71. The Morgan fingerprint density at radius 1 is 1.50 bits per heavy atom. The predicted octanol–water partition coefficient (Wildman–Crippen LogP) is 4.35. The van der Waals surface area contributed by atoms with Gasteiger partial charge in [-0.2, -0.15) is 0 Å². The molecule has 0 N–H and O–H groups in total. The van der Waals surface area contributed by atoms with Crippen LogP contribution >= 0.6 is 39.3 Å². The van der Waals surface area contributed by atoms with Crippen LogP contribution in [0.1, 0.15) is 11.3 Å². The van der Waals surface area contributed by atoms with Crippen molar-refractivity contribution >= 4 is 39.3 Å². The summed E-state index contributed by atoms with van der Waals surface area (Å²) in [6.07, 6.45) is 1.74. The molecule has 1 aromatic heterocycles. The second-order valence-electron chi connectivity index (χ2n) is 3.75. The maximum Gasteiger partial charge on any atom is 0.168 e. The molecule has 1 aromatic carbocycles. The Morgan fingerprint density at radius 3 is 2.94 bits per heavy atom. The highest BCUT2D eigenvalue weighted by atomic mass is 79.9. The zero-order valence-electron chi connectivity index (χ0n) is 9.66. The van der Waals surface area contributed by atoms with Gasteiger partial charge in [0.25, 0.3) is 0 Å². The quantitative estimate of drug-likeness (QED) is 0.603. The summed E-state index contributed by atoms with van der Waals surface area (Å²) in [4.78, 5) is 4.26. The number of imidazole rings is 1. The molecule has 1 heterocycles. The van der Waals surface area contributed by atoms with Crippen LogP contribution in [0.5, 0.6) is 0 Å². The third-order valence-electron chi connectivity index (χ3n) is 2.54. The fourth-order valence-electron chi connectivity index (χ4n) is 1.48. The molecule has 0 saturated carbocycles. The van der Waals surface area contributed by atoms with E-state index in [4.69, 9.17) is 11.6 Å². The Balaban J connectivity index is 2.11. The third-order valence-corrected chi connectivity index (χ3v) is 4.40. The number of halogens is 3. The molecule has 0 spiro atoms. The van der Waals surface area contributed by atoms with Crippen molar-refractivity contribution in [2.75, 3.05) is 0 Å². The van der Waals surface area contributed by atoms with Gasteiger partial charge in [-0.3, -0.25) is 0 Å². The molecule has 2 nitrogen and oxygen atoms in total. The van der Waals surface area contributed by atoms with Gasteiger partial charge in [0.2, 0.25) is 0 Å². The van der Waals surface area contributed by atoms with Crippen molar-refractivity contribution < 1.29 is 4.39 Å². The van der Waals surface area contributed by atoms with E-state index in [1.165, 1.54) is 17.8 Å². The van der Waals surface area contributed by atoms with Gasteiger partial charge in [0.05, 0.1) is 17.8 Å². The Hall–Kier alpha value is -0.520. The molecule has 0 aliphatic carbocycles. The second kappa shape index (κ2) is 6.08. The second-order valence-corrected chi connectivity index (χ2v) is 5.87. The van der Waals surface area contributed by atoms with Gasteiger partial charge in [-0.1, -0.05) is 27.7 Å². The summed E-state index contributed by atoms with van der Waals surface area (Å²) in [6.45, 7) is 0. The molecular weight excluding hydrogens is 339 g/mol. The molecule has 0 radical (unpaired) electrons. The van der Waals surface area contributed by atoms with Gasteiger partial charge in [-0.15, -0.1) is 11.6 Å². The Kier molecular flexibility index (Phi) is 4.70. The minimum Gasteiger partial charge on any atom is -0.325 e. The van der Waals surface area contributed by atoms with Crippen LogP contribution in [-0.4, -0.2) is 9.55 Å². The van der Waals surface area contributed by atoms with Crippen molar-refractivity contribution in [2.45, 2.75) is 16.8 Å². The topological polar surface area (TPSA) is 17.8 Å². The van der Waals surface area contributed by atoms with Crippen molar-refractivity contribution in [3.8, 4) is 0 Å². The summed E-state index contributed by atoms with van der Waals surface area (Å²) >= 11 is 10.6. The molecule has 0 fully saturated rings. The van der Waals surface area contributed by atoms with Crippen LogP contribution in [0.15, 0.2) is 34.0 Å². The lowest BCUT2D eigenvalue weighted by Gasteiger charge is -2.05. The zero-order valence-corrected chi connectivity index (χ0v) is 12.8. The van der Waals surface area contributed by atoms with E-state index >= 15 is 0 Å². The van der Waals surface area contributed by atoms with E-state index in [0.717, 1.165) is 15.3 Å². The van der Waals surface area contributed by atoms with E-state index in [1.54, 1.807) is 18.3 Å². The monoisotopic (exact) mass is 348 g/mol. The minimum absolute atomic E-state index is 0.197. The number of nitrogens with zero attached hydrogens (tertiary/aromatic N) is 2. The highest BCUT2D eigenvalue weighted by Gasteiger charge is 2.09. The fourth-order valence-corrected chi connectivity index (χ4v) is 3.08. The van der Waals surface area contributed by atoms with Gasteiger partial charge < -0.3 is 4.57 Å². The van der Waals surface area contributed by atoms with Crippen LogP contribution in [0, 0.1) is 5.82 Å². The molecule has 2 rings (SSSR count). The minimum atomic E-state index is -0.197. The number of rotatable bonds is 4. The lowest BCUT2D eigenvalue weighted by atomic mass is 10.2. The van der Waals surface area contributed by atoms with Crippen LogP contribution in [0.25, 0.3) is 0 Å². The van der Waals surface area contributed by atoms with Crippen molar-refractivity contribution in [2.24, 2.45) is 7.05 Å². The first-order valence-corrected chi connectivity index (χ1v) is 7.56. The largest absolute Gasteiger partial charge is 0.325 e. The lowest BCUT2D eigenvalue weighted by Crippen LogP contribution is -1.96. The summed E-state index contributed by atoms with van der Waals surface area (Å²) in [6, 6.07) is 4.94. The Labute approximate surface area is 123 Å². The van der Waals surface area contributed by atoms with Crippen LogP contribution < -0.4 is 0 Å². The molecule has 0 saturated heterocycles. The summed E-state index contributed by atoms with van der Waals surface area (Å²) in [5.41, 5.74) is 1.61. The molecule has 96 valence electrons. The Bertz CT molecular complexity index is 559. The van der Waals surface area contributed by atoms with Gasteiger partial charge in [0, 0.05) is 17.3 Å². The zero-order chi connectivity index (χ0) is 13.1. The Morgan fingerprint density at radius 2 is 2.28 bits per heavy atom. The van der Waals surface area contributed by atoms with E-state index in [0.29, 0.717) is 17.2 Å². The van der Waals surface area contributed by atoms with E-state index in [2.05, 4.69) is 20.9 Å². The van der Waals surface area contributed by atoms with Gasteiger partial charge >= 0.3 is 0 Å². The van der Waals surface area contributed by atoms with E-state index < -0.39 is 0 Å². The standard InChI is InChI=1S/C12H11BrClFN2S/c1-17-10(5-14)6-16-12(17)18-7-8-4-9(13)2-3-11(8)15/h2-4,6H,5,7H2,1H3. The summed E-state index contributed by atoms with van der Waals surface area (Å²) in [5, 5.41) is 0.838. The first kappa shape index (κ1) is 13.9. The van der Waals surface area contributed by atoms with Crippen LogP contribution in [0.3, 0.4) is 0 Å². The maximum atomic E-state index is 13.6. The fraction of sp³-hybridized carbons (Fsp3) is 0.250. The van der Waals surface area contributed by atoms with Crippen molar-refractivity contribution in [3.63, 3.8) is 0 Å². The van der Waals surface area contributed by atoms with E-state index in [1.807, 2.05) is 11.6 Å². The number of hydrogen-bond acceptors (Lipinski definition) is 2. The van der Waals surface area contributed by atoms with Crippen molar-refractivity contribution in [1.29, 1.82) is 0 Å². The lowest BCUT2D eigenvalue weighted by molar-refractivity contribution is 0.617. The predicted molar refractivity (Wildman–Crippen MR) is 76.4 cm³/mol. The molecule has 0 unspecified atom stereocenters. The van der Waals surface area contributed by atoms with Gasteiger partial charge in [0.15, 0.2) is 5.16 Å². The van der Waals surface area contributed by atoms with E-state index in [9.17, 15) is 4.39 Å². The first-order chi connectivity index (χ1) is 8.61. The van der Waals surface area contributed by atoms with Gasteiger partial charge in [-0.25, -0.2) is 9.37 Å². The number of hydrogen-bond donors (Lipinski definition) is 0. The van der Waals surface area contributed by atoms with Crippen LogP contribution in [0.2, 0.25) is 0 Å². The van der Waals surface area contributed by atoms with Crippen LogP contribution in [-0.2, 0) is 18.7 Å². The highest BCUT2D eigenvalue weighted by molar-refractivity contribution is 9.10.